The van der Waals surface area contributed by atoms with Gasteiger partial charge >= 0.3 is 0 Å². The van der Waals surface area contributed by atoms with E-state index in [9.17, 15) is 14.0 Å². The zero-order valence-corrected chi connectivity index (χ0v) is 15.5. The van der Waals surface area contributed by atoms with E-state index in [1.807, 2.05) is 4.90 Å². The van der Waals surface area contributed by atoms with Crippen molar-refractivity contribution in [3.63, 3.8) is 0 Å². The van der Waals surface area contributed by atoms with Crippen LogP contribution in [0.2, 0.25) is 0 Å². The van der Waals surface area contributed by atoms with Crippen molar-refractivity contribution in [3.05, 3.63) is 65.2 Å². The Hall–Kier alpha value is -2.76. The van der Waals surface area contributed by atoms with Crippen LogP contribution < -0.4 is 5.32 Å². The normalized spacial score (nSPS) is 16.8. The number of amides is 2. The Bertz CT molecular complexity index is 825. The van der Waals surface area contributed by atoms with Crippen LogP contribution in [0.15, 0.2) is 42.6 Å². The van der Waals surface area contributed by atoms with Crippen molar-refractivity contribution in [3.8, 4) is 0 Å². The number of halogens is 1. The van der Waals surface area contributed by atoms with Gasteiger partial charge in [-0.15, -0.1) is 0 Å². The fraction of sp³-hybridized carbons (Fsp3) is 0.381. The fourth-order valence-electron chi connectivity index (χ4n) is 3.45. The maximum atomic E-state index is 13.7. The molecule has 1 fully saturated rings. The van der Waals surface area contributed by atoms with Gasteiger partial charge in [0, 0.05) is 36.5 Å². The SMILES string of the molecule is CCC1CCCCN1C(=O)c1cc(C(=O)NCc2ccccc2F)ccn1. The molecule has 2 heterocycles. The number of hydrogen-bond acceptors (Lipinski definition) is 3. The van der Waals surface area contributed by atoms with Crippen LogP contribution in [0.3, 0.4) is 0 Å². The Morgan fingerprint density at radius 3 is 2.85 bits per heavy atom. The lowest BCUT2D eigenvalue weighted by molar-refractivity contribution is 0.0602. The lowest BCUT2D eigenvalue weighted by atomic mass is 9.99. The third-order valence-corrected chi connectivity index (χ3v) is 5.00. The van der Waals surface area contributed by atoms with Gasteiger partial charge in [-0.2, -0.15) is 0 Å². The van der Waals surface area contributed by atoms with Gasteiger partial charge in [0.05, 0.1) is 0 Å². The summed E-state index contributed by atoms with van der Waals surface area (Å²) in [6.45, 7) is 2.89. The second-order valence-corrected chi connectivity index (χ2v) is 6.76. The van der Waals surface area contributed by atoms with Crippen LogP contribution in [0.1, 0.15) is 59.0 Å². The van der Waals surface area contributed by atoms with E-state index in [1.165, 1.54) is 18.3 Å². The number of pyridine rings is 1. The predicted molar refractivity (Wildman–Crippen MR) is 101 cm³/mol. The molecule has 0 saturated carbocycles. The summed E-state index contributed by atoms with van der Waals surface area (Å²) in [5, 5.41) is 2.69. The average Bonchev–Trinajstić information content (AvgIpc) is 2.72. The number of nitrogens with zero attached hydrogens (tertiary/aromatic N) is 2. The van der Waals surface area contributed by atoms with Gasteiger partial charge in [0.25, 0.3) is 11.8 Å². The minimum absolute atomic E-state index is 0.0845. The monoisotopic (exact) mass is 369 g/mol. The van der Waals surface area contributed by atoms with Crippen molar-refractivity contribution >= 4 is 11.8 Å². The minimum Gasteiger partial charge on any atom is -0.348 e. The van der Waals surface area contributed by atoms with E-state index in [1.54, 1.807) is 24.3 Å². The summed E-state index contributed by atoms with van der Waals surface area (Å²) in [6.07, 6.45) is 5.51. The first-order chi connectivity index (χ1) is 13.1. The highest BCUT2D eigenvalue weighted by molar-refractivity contribution is 5.98. The van der Waals surface area contributed by atoms with Crippen molar-refractivity contribution in [1.29, 1.82) is 0 Å². The number of nitrogens with one attached hydrogen (secondary N) is 1. The molecule has 1 aliphatic rings. The van der Waals surface area contributed by atoms with Crippen LogP contribution in [0, 0.1) is 5.82 Å². The van der Waals surface area contributed by atoms with Crippen molar-refractivity contribution in [2.24, 2.45) is 0 Å². The van der Waals surface area contributed by atoms with Gasteiger partial charge in [-0.1, -0.05) is 25.1 Å². The average molecular weight is 369 g/mol. The van der Waals surface area contributed by atoms with Crippen molar-refractivity contribution in [2.75, 3.05) is 6.54 Å². The van der Waals surface area contributed by atoms with Crippen LogP contribution in [0.25, 0.3) is 0 Å². The standard InChI is InChI=1S/C21H24FN3O2/c1-2-17-8-5-6-12-25(17)21(27)19-13-15(10-11-23-19)20(26)24-14-16-7-3-4-9-18(16)22/h3-4,7,9-11,13,17H,2,5-6,8,12,14H2,1H3,(H,24,26). The molecule has 27 heavy (non-hydrogen) atoms. The van der Waals surface area contributed by atoms with Crippen molar-refractivity contribution < 1.29 is 14.0 Å². The van der Waals surface area contributed by atoms with Crippen molar-refractivity contribution in [2.45, 2.75) is 45.2 Å². The third-order valence-electron chi connectivity index (χ3n) is 5.00. The highest BCUT2D eigenvalue weighted by atomic mass is 19.1. The number of piperidine rings is 1. The first-order valence-corrected chi connectivity index (χ1v) is 9.38. The number of rotatable bonds is 5. The molecule has 2 amide bonds. The molecular weight excluding hydrogens is 345 g/mol. The largest absolute Gasteiger partial charge is 0.348 e. The summed E-state index contributed by atoms with van der Waals surface area (Å²) in [5.74, 6) is -0.857. The van der Waals surface area contributed by atoms with Gasteiger partial charge in [0.15, 0.2) is 0 Å². The molecule has 0 radical (unpaired) electrons. The highest BCUT2D eigenvalue weighted by Gasteiger charge is 2.27. The highest BCUT2D eigenvalue weighted by Crippen LogP contribution is 2.21. The number of hydrogen-bond donors (Lipinski definition) is 1. The molecule has 0 aliphatic carbocycles. The number of carbonyl (C=O) groups is 2. The molecule has 1 unspecified atom stereocenters. The number of benzene rings is 1. The molecule has 142 valence electrons. The molecule has 0 spiro atoms. The fourth-order valence-corrected chi connectivity index (χ4v) is 3.45. The maximum Gasteiger partial charge on any atom is 0.272 e. The minimum atomic E-state index is -0.362. The maximum absolute atomic E-state index is 13.7. The van der Waals surface area contributed by atoms with Gasteiger partial charge in [0.2, 0.25) is 0 Å². The topological polar surface area (TPSA) is 62.3 Å². The molecule has 5 nitrogen and oxygen atoms in total. The van der Waals surface area contributed by atoms with E-state index in [4.69, 9.17) is 0 Å². The van der Waals surface area contributed by atoms with E-state index in [0.29, 0.717) is 11.1 Å². The van der Waals surface area contributed by atoms with Crippen molar-refractivity contribution in [1.82, 2.24) is 15.2 Å². The molecule has 1 saturated heterocycles. The van der Waals surface area contributed by atoms with E-state index in [0.717, 1.165) is 32.2 Å². The molecule has 1 N–H and O–H groups in total. The second-order valence-electron chi connectivity index (χ2n) is 6.76. The lowest BCUT2D eigenvalue weighted by Crippen LogP contribution is -2.43. The summed E-state index contributed by atoms with van der Waals surface area (Å²) >= 11 is 0. The smallest absolute Gasteiger partial charge is 0.272 e. The number of likely N-dealkylation sites (tertiary alicyclic amines) is 1. The molecular formula is C21H24FN3O2. The summed E-state index contributed by atoms with van der Waals surface area (Å²) in [5.41, 5.74) is 1.03. The molecule has 3 rings (SSSR count). The van der Waals surface area contributed by atoms with Crippen LogP contribution in [0.4, 0.5) is 4.39 Å². The van der Waals surface area contributed by atoms with Gasteiger partial charge in [-0.3, -0.25) is 14.6 Å². The Morgan fingerprint density at radius 2 is 2.07 bits per heavy atom. The Labute approximate surface area is 158 Å². The molecule has 0 bridgehead atoms. The van der Waals surface area contributed by atoms with Gasteiger partial charge in [-0.05, 0) is 43.9 Å². The molecule has 1 atom stereocenters. The quantitative estimate of drug-likeness (QED) is 0.877. The first-order valence-electron chi connectivity index (χ1n) is 9.38. The number of aromatic nitrogens is 1. The van der Waals surface area contributed by atoms with E-state index >= 15 is 0 Å². The third kappa shape index (κ3) is 4.51. The molecule has 1 aromatic heterocycles. The molecule has 6 heteroatoms. The summed E-state index contributed by atoms with van der Waals surface area (Å²) in [4.78, 5) is 31.3. The van der Waals surface area contributed by atoms with E-state index in [2.05, 4.69) is 17.2 Å². The zero-order chi connectivity index (χ0) is 19.2. The van der Waals surface area contributed by atoms with E-state index in [-0.39, 0.29) is 35.9 Å². The van der Waals surface area contributed by atoms with Crippen LogP contribution in [0.5, 0.6) is 0 Å². The lowest BCUT2D eigenvalue weighted by Gasteiger charge is -2.35. The summed E-state index contributed by atoms with van der Waals surface area (Å²) < 4.78 is 13.7. The van der Waals surface area contributed by atoms with E-state index < -0.39 is 0 Å². The van der Waals surface area contributed by atoms with Crippen LogP contribution >= 0.6 is 0 Å². The molecule has 1 aliphatic heterocycles. The summed E-state index contributed by atoms with van der Waals surface area (Å²) in [7, 11) is 0. The Morgan fingerprint density at radius 1 is 1.26 bits per heavy atom. The zero-order valence-electron chi connectivity index (χ0n) is 15.5. The van der Waals surface area contributed by atoms with Gasteiger partial charge in [0.1, 0.15) is 11.5 Å². The Balaban J connectivity index is 1.70. The second kappa shape index (κ2) is 8.75. The predicted octanol–water partition coefficient (Wildman–Crippen LogP) is 3.56. The summed E-state index contributed by atoms with van der Waals surface area (Å²) in [6, 6.07) is 9.60. The first kappa shape index (κ1) is 19.0. The van der Waals surface area contributed by atoms with Gasteiger partial charge in [-0.25, -0.2) is 4.39 Å². The molecule has 2 aromatic rings. The van der Waals surface area contributed by atoms with Crippen LogP contribution in [-0.2, 0) is 6.54 Å². The van der Waals surface area contributed by atoms with Gasteiger partial charge < -0.3 is 10.2 Å². The molecule has 1 aromatic carbocycles. The van der Waals surface area contributed by atoms with Crippen LogP contribution in [-0.4, -0.2) is 34.3 Å². The number of carbonyl (C=O) groups excluding carboxylic acids is 2. The Kier molecular flexibility index (Phi) is 6.16.